The number of pyridine rings is 2. The molecule has 0 spiro atoms. The lowest BCUT2D eigenvalue weighted by atomic mass is 9.66. The number of hydrogen-bond donors (Lipinski definition) is 0. The molecule has 32 heavy (non-hydrogen) atoms. The minimum atomic E-state index is 0.363. The third kappa shape index (κ3) is 2.48. The normalized spacial score (nSPS) is 40.8. The first-order valence-corrected chi connectivity index (χ1v) is 13.0. The fraction of sp³-hybridized carbons (Fsp3) is 0.667. The predicted molar refractivity (Wildman–Crippen MR) is 131 cm³/mol. The van der Waals surface area contributed by atoms with Gasteiger partial charge in [0.05, 0.1) is 11.4 Å². The first kappa shape index (κ1) is 20.9. The molecule has 2 heteroatoms. The molecule has 4 bridgehead atoms. The van der Waals surface area contributed by atoms with Gasteiger partial charge in [-0.3, -0.25) is 9.97 Å². The summed E-state index contributed by atoms with van der Waals surface area (Å²) in [4.78, 5) is 10.5. The summed E-state index contributed by atoms with van der Waals surface area (Å²) in [5.74, 6) is 2.83. The first-order valence-electron chi connectivity index (χ1n) is 13.0. The van der Waals surface area contributed by atoms with Gasteiger partial charge in [0.2, 0.25) is 0 Å². The maximum atomic E-state index is 5.25. The summed E-state index contributed by atoms with van der Waals surface area (Å²) in [5.41, 5.74) is 6.25. The summed E-state index contributed by atoms with van der Waals surface area (Å²) in [6.45, 7) is 15.0. The molecular formula is C30H40N2. The van der Waals surface area contributed by atoms with Crippen LogP contribution in [0.25, 0.3) is 11.4 Å². The Morgan fingerprint density at radius 2 is 1.03 bits per heavy atom. The average Bonchev–Trinajstić information content (AvgIpc) is 3.31. The van der Waals surface area contributed by atoms with E-state index in [4.69, 9.17) is 9.97 Å². The predicted octanol–water partition coefficient (Wildman–Crippen LogP) is 8.00. The van der Waals surface area contributed by atoms with Crippen molar-refractivity contribution in [3.63, 3.8) is 0 Å². The van der Waals surface area contributed by atoms with Gasteiger partial charge in [-0.2, -0.15) is 0 Å². The Morgan fingerprint density at radius 1 is 0.625 bits per heavy atom. The highest BCUT2D eigenvalue weighted by molar-refractivity contribution is 5.55. The smallest absolute Gasteiger partial charge is 0.0889 e. The molecule has 0 aromatic carbocycles. The standard InChI is InChI=1S/C30H40N2/c1-27(2)19-13-15-29(27,5)21(17-19)23-9-7-11-25(31-23)26-12-8-10-24(32-26)22-18-20-14-16-30(22,6)28(20,3)4/h7-12,19-22H,13-18H2,1-6H3/t19-,20-,21-,22-,29+,30+/m1/s1. The van der Waals surface area contributed by atoms with Crippen LogP contribution in [-0.2, 0) is 0 Å². The Hall–Kier alpha value is -1.70. The van der Waals surface area contributed by atoms with Gasteiger partial charge < -0.3 is 0 Å². The number of nitrogens with zero attached hydrogens (tertiary/aromatic N) is 2. The van der Waals surface area contributed by atoms with Crippen LogP contribution in [0.1, 0.15) is 103 Å². The molecule has 0 radical (unpaired) electrons. The van der Waals surface area contributed by atoms with Crippen LogP contribution < -0.4 is 0 Å². The van der Waals surface area contributed by atoms with Crippen LogP contribution in [-0.4, -0.2) is 9.97 Å². The maximum absolute atomic E-state index is 5.25. The monoisotopic (exact) mass is 428 g/mol. The van der Waals surface area contributed by atoms with Crippen LogP contribution in [0.5, 0.6) is 0 Å². The molecule has 2 nitrogen and oxygen atoms in total. The Morgan fingerprint density at radius 3 is 1.34 bits per heavy atom. The van der Waals surface area contributed by atoms with E-state index in [1.165, 1.54) is 49.9 Å². The zero-order valence-corrected chi connectivity index (χ0v) is 20.9. The van der Waals surface area contributed by atoms with Gasteiger partial charge in [0.15, 0.2) is 0 Å². The number of hydrogen-bond acceptors (Lipinski definition) is 2. The fourth-order valence-electron chi connectivity index (χ4n) is 8.88. The third-order valence-electron chi connectivity index (χ3n) is 12.1. The summed E-state index contributed by atoms with van der Waals surface area (Å²) in [7, 11) is 0. The molecule has 0 unspecified atom stereocenters. The van der Waals surface area contributed by atoms with Crippen LogP contribution >= 0.6 is 0 Å². The topological polar surface area (TPSA) is 25.8 Å². The van der Waals surface area contributed by atoms with Crippen LogP contribution in [0.3, 0.4) is 0 Å². The molecule has 4 aliphatic rings. The van der Waals surface area contributed by atoms with E-state index in [-0.39, 0.29) is 0 Å². The Labute approximate surface area is 194 Å². The minimum absolute atomic E-state index is 0.363. The molecule has 0 aliphatic heterocycles. The number of aromatic nitrogens is 2. The molecule has 0 N–H and O–H groups in total. The fourth-order valence-corrected chi connectivity index (χ4v) is 8.88. The highest BCUT2D eigenvalue weighted by Gasteiger charge is 2.62. The van der Waals surface area contributed by atoms with E-state index in [1.807, 2.05) is 0 Å². The summed E-state index contributed by atoms with van der Waals surface area (Å²) in [5, 5.41) is 0. The van der Waals surface area contributed by atoms with E-state index >= 15 is 0 Å². The first-order chi connectivity index (χ1) is 15.1. The summed E-state index contributed by atoms with van der Waals surface area (Å²) < 4.78 is 0. The summed E-state index contributed by atoms with van der Waals surface area (Å²) in [6, 6.07) is 13.3. The zero-order valence-electron chi connectivity index (χ0n) is 20.9. The molecule has 2 aromatic rings. The summed E-state index contributed by atoms with van der Waals surface area (Å²) >= 11 is 0. The second kappa shape index (κ2) is 6.45. The van der Waals surface area contributed by atoms with Crippen LogP contribution in [0.15, 0.2) is 36.4 Å². The van der Waals surface area contributed by atoms with Gasteiger partial charge in [-0.15, -0.1) is 0 Å². The van der Waals surface area contributed by atoms with Crippen molar-refractivity contribution < 1.29 is 0 Å². The molecule has 4 saturated carbocycles. The van der Waals surface area contributed by atoms with Crippen molar-refractivity contribution in [2.45, 2.75) is 91.9 Å². The second-order valence-corrected chi connectivity index (χ2v) is 13.2. The van der Waals surface area contributed by atoms with Crippen molar-refractivity contribution in [2.24, 2.45) is 33.5 Å². The Kier molecular flexibility index (Phi) is 4.21. The van der Waals surface area contributed by atoms with E-state index in [0.29, 0.717) is 33.5 Å². The molecule has 2 heterocycles. The quantitative estimate of drug-likeness (QED) is 0.495. The molecular weight excluding hydrogens is 388 g/mol. The zero-order chi connectivity index (χ0) is 22.5. The molecule has 6 atom stereocenters. The molecule has 6 rings (SSSR count). The molecule has 4 fully saturated rings. The van der Waals surface area contributed by atoms with Gasteiger partial charge in [-0.05, 0) is 96.3 Å². The van der Waals surface area contributed by atoms with Crippen molar-refractivity contribution >= 4 is 0 Å². The number of rotatable bonds is 3. The van der Waals surface area contributed by atoms with Crippen LogP contribution in [0, 0.1) is 33.5 Å². The van der Waals surface area contributed by atoms with Gasteiger partial charge in [-0.1, -0.05) is 53.7 Å². The van der Waals surface area contributed by atoms with Crippen LogP contribution in [0.4, 0.5) is 0 Å². The third-order valence-corrected chi connectivity index (χ3v) is 12.1. The van der Waals surface area contributed by atoms with Crippen molar-refractivity contribution in [1.82, 2.24) is 9.97 Å². The van der Waals surface area contributed by atoms with Crippen molar-refractivity contribution in [1.29, 1.82) is 0 Å². The van der Waals surface area contributed by atoms with Gasteiger partial charge in [0.1, 0.15) is 0 Å². The van der Waals surface area contributed by atoms with E-state index in [0.717, 1.165) is 23.2 Å². The average molecular weight is 429 g/mol. The van der Waals surface area contributed by atoms with E-state index in [1.54, 1.807) is 0 Å². The molecule has 0 amide bonds. The highest BCUT2D eigenvalue weighted by atomic mass is 14.8. The van der Waals surface area contributed by atoms with E-state index in [2.05, 4.69) is 77.9 Å². The minimum Gasteiger partial charge on any atom is -0.251 e. The van der Waals surface area contributed by atoms with Gasteiger partial charge >= 0.3 is 0 Å². The number of fused-ring (bicyclic) bond motifs is 4. The SMILES string of the molecule is CC1(C)[C@@H]2CC[C@@]1(C)[C@@H](c1cccc(-c3cccc([C@H]4C[C@H]5CC[C@]4(C)C5(C)C)n3)n1)C2. The Bertz CT molecular complexity index is 983. The lowest BCUT2D eigenvalue weighted by molar-refractivity contribution is 0.133. The van der Waals surface area contributed by atoms with E-state index < -0.39 is 0 Å². The molecule has 170 valence electrons. The highest BCUT2D eigenvalue weighted by Crippen LogP contribution is 2.71. The molecule has 4 aliphatic carbocycles. The van der Waals surface area contributed by atoms with Gasteiger partial charge in [-0.25, -0.2) is 0 Å². The van der Waals surface area contributed by atoms with Crippen molar-refractivity contribution in [2.75, 3.05) is 0 Å². The van der Waals surface area contributed by atoms with Crippen LogP contribution in [0.2, 0.25) is 0 Å². The summed E-state index contributed by atoms with van der Waals surface area (Å²) in [6.07, 6.45) is 8.05. The largest absolute Gasteiger partial charge is 0.251 e. The Balaban J connectivity index is 1.34. The van der Waals surface area contributed by atoms with Gasteiger partial charge in [0, 0.05) is 23.2 Å². The lowest BCUT2D eigenvalue weighted by Crippen LogP contribution is -2.31. The van der Waals surface area contributed by atoms with Gasteiger partial charge in [0.25, 0.3) is 0 Å². The van der Waals surface area contributed by atoms with Crippen molar-refractivity contribution in [3.05, 3.63) is 47.8 Å². The maximum Gasteiger partial charge on any atom is 0.0889 e. The van der Waals surface area contributed by atoms with Crippen molar-refractivity contribution in [3.8, 4) is 11.4 Å². The molecule has 0 saturated heterocycles. The lowest BCUT2D eigenvalue weighted by Gasteiger charge is -2.39. The second-order valence-electron chi connectivity index (χ2n) is 13.2. The molecule has 2 aromatic heterocycles. The van der Waals surface area contributed by atoms with E-state index in [9.17, 15) is 0 Å².